The van der Waals surface area contributed by atoms with Gasteiger partial charge in [0.25, 0.3) is 0 Å². The molecule has 1 aromatic heterocycles. The van der Waals surface area contributed by atoms with Crippen molar-refractivity contribution >= 4 is 34.2 Å². The molecule has 5 nitrogen and oxygen atoms in total. The highest BCUT2D eigenvalue weighted by Gasteiger charge is 2.45. The van der Waals surface area contributed by atoms with Gasteiger partial charge in [0.2, 0.25) is 11.2 Å². The summed E-state index contributed by atoms with van der Waals surface area (Å²) in [6, 6.07) is 6.22. The van der Waals surface area contributed by atoms with Gasteiger partial charge in [-0.2, -0.15) is 4.98 Å². The highest BCUT2D eigenvalue weighted by atomic mass is 35.5. The first-order chi connectivity index (χ1) is 11.8. The van der Waals surface area contributed by atoms with Crippen LogP contribution in [0.2, 0.25) is 5.28 Å². The Morgan fingerprint density at radius 3 is 2.72 bits per heavy atom. The predicted molar refractivity (Wildman–Crippen MR) is 88.4 cm³/mol. The van der Waals surface area contributed by atoms with E-state index in [2.05, 4.69) is 9.97 Å². The molecule has 0 N–H and O–H groups in total. The molecule has 0 spiro atoms. The first kappa shape index (κ1) is 17.7. The molecule has 2 aromatic rings. The first-order valence-electron chi connectivity index (χ1n) is 7.81. The van der Waals surface area contributed by atoms with E-state index in [1.54, 1.807) is 23.1 Å². The number of carbonyl (C=O) groups is 1. The molecule has 0 radical (unpaired) electrons. The Morgan fingerprint density at radius 2 is 2.04 bits per heavy atom. The number of amides is 1. The number of alkyl halides is 3. The van der Waals surface area contributed by atoms with Crippen LogP contribution in [0.15, 0.2) is 24.3 Å². The summed E-state index contributed by atoms with van der Waals surface area (Å²) in [6.45, 7) is 1.51. The molecule has 25 heavy (non-hydrogen) atoms. The lowest BCUT2D eigenvalue weighted by Crippen LogP contribution is -2.55. The van der Waals surface area contributed by atoms with Crippen LogP contribution in [0.1, 0.15) is 19.8 Å². The molecule has 1 aliphatic rings. The van der Waals surface area contributed by atoms with E-state index in [1.165, 1.54) is 0 Å². The molecule has 134 valence electrons. The number of fused-ring (bicyclic) bond motifs is 1. The summed E-state index contributed by atoms with van der Waals surface area (Å²) in [5, 5.41) is 0.754. The van der Waals surface area contributed by atoms with E-state index in [4.69, 9.17) is 11.6 Å². The van der Waals surface area contributed by atoms with E-state index in [0.717, 1.165) is 6.92 Å². The first-order valence-corrected chi connectivity index (χ1v) is 8.19. The van der Waals surface area contributed by atoms with Gasteiger partial charge in [-0.05, 0) is 36.6 Å². The third-order valence-corrected chi connectivity index (χ3v) is 4.40. The minimum atomic E-state index is -4.70. The number of benzene rings is 1. The molecular formula is C16H16ClF3N4O. The maximum absolute atomic E-state index is 13.2. The van der Waals surface area contributed by atoms with E-state index in [1.807, 2.05) is 6.07 Å². The SMILES string of the molecule is CC(=O)N([C@@H]1CCCN(c2nc(Cl)nc3ccccc23)C1)C(F)(F)F. The third-order valence-electron chi connectivity index (χ3n) is 4.23. The maximum Gasteiger partial charge on any atom is 0.487 e. The van der Waals surface area contributed by atoms with Crippen molar-refractivity contribution in [2.24, 2.45) is 0 Å². The Morgan fingerprint density at radius 1 is 1.32 bits per heavy atom. The molecule has 0 aliphatic carbocycles. The van der Waals surface area contributed by atoms with Gasteiger partial charge in [0.15, 0.2) is 0 Å². The van der Waals surface area contributed by atoms with E-state index in [9.17, 15) is 18.0 Å². The van der Waals surface area contributed by atoms with Crippen molar-refractivity contribution in [2.45, 2.75) is 32.1 Å². The van der Waals surface area contributed by atoms with Crippen LogP contribution in [0.4, 0.5) is 19.0 Å². The Kier molecular flexibility index (Phi) is 4.73. The highest BCUT2D eigenvalue weighted by molar-refractivity contribution is 6.28. The Hall–Kier alpha value is -2.09. The number of halogens is 4. The van der Waals surface area contributed by atoms with E-state index >= 15 is 0 Å². The van der Waals surface area contributed by atoms with Crippen molar-refractivity contribution in [3.05, 3.63) is 29.5 Å². The lowest BCUT2D eigenvalue weighted by molar-refractivity contribution is -0.250. The molecule has 0 bridgehead atoms. The quantitative estimate of drug-likeness (QED) is 0.597. The van der Waals surface area contributed by atoms with Gasteiger partial charge in [0, 0.05) is 25.4 Å². The number of aromatic nitrogens is 2. The molecule has 1 fully saturated rings. The van der Waals surface area contributed by atoms with Crippen molar-refractivity contribution in [3.63, 3.8) is 0 Å². The van der Waals surface area contributed by atoms with Gasteiger partial charge in [-0.3, -0.25) is 4.79 Å². The van der Waals surface area contributed by atoms with Crippen LogP contribution >= 0.6 is 11.6 Å². The van der Waals surface area contributed by atoms with Crippen LogP contribution in [-0.2, 0) is 4.79 Å². The van der Waals surface area contributed by atoms with Crippen molar-refractivity contribution < 1.29 is 18.0 Å². The third kappa shape index (κ3) is 3.63. The smallest absolute Gasteiger partial charge is 0.354 e. The molecule has 0 unspecified atom stereocenters. The maximum atomic E-state index is 13.2. The summed E-state index contributed by atoms with van der Waals surface area (Å²) in [4.78, 5) is 21.6. The number of rotatable bonds is 2. The molecule has 9 heteroatoms. The fourth-order valence-electron chi connectivity index (χ4n) is 3.27. The number of nitrogens with zero attached hydrogens (tertiary/aromatic N) is 4. The molecule has 0 saturated carbocycles. The number of carbonyl (C=O) groups excluding carboxylic acids is 1. The summed E-state index contributed by atoms with van der Waals surface area (Å²) in [7, 11) is 0. The zero-order chi connectivity index (χ0) is 18.2. The number of para-hydroxylation sites is 1. The zero-order valence-corrected chi connectivity index (χ0v) is 14.2. The van der Waals surface area contributed by atoms with Gasteiger partial charge in [-0.1, -0.05) is 12.1 Å². The van der Waals surface area contributed by atoms with Crippen LogP contribution in [0.25, 0.3) is 10.9 Å². The van der Waals surface area contributed by atoms with Crippen molar-refractivity contribution in [3.8, 4) is 0 Å². The molecule has 1 amide bonds. The summed E-state index contributed by atoms with van der Waals surface area (Å²) < 4.78 is 39.7. The second-order valence-electron chi connectivity index (χ2n) is 5.93. The average Bonchev–Trinajstić information content (AvgIpc) is 2.52. The Bertz CT molecular complexity index is 799. The topological polar surface area (TPSA) is 49.3 Å². The second kappa shape index (κ2) is 6.67. The molecule has 1 aliphatic heterocycles. The summed E-state index contributed by atoms with van der Waals surface area (Å²) >= 11 is 5.97. The second-order valence-corrected chi connectivity index (χ2v) is 6.27. The number of anilines is 1. The van der Waals surface area contributed by atoms with Gasteiger partial charge in [-0.25, -0.2) is 9.88 Å². The summed E-state index contributed by atoms with van der Waals surface area (Å²) in [6.07, 6.45) is -3.91. The molecule has 1 saturated heterocycles. The molecule has 1 aromatic carbocycles. The van der Waals surface area contributed by atoms with Crippen LogP contribution in [0, 0.1) is 0 Å². The lowest BCUT2D eigenvalue weighted by atomic mass is 10.0. The molecule has 3 rings (SSSR count). The van der Waals surface area contributed by atoms with Gasteiger partial charge < -0.3 is 4.90 Å². The van der Waals surface area contributed by atoms with E-state index < -0.39 is 18.2 Å². The van der Waals surface area contributed by atoms with Gasteiger partial charge in [-0.15, -0.1) is 13.2 Å². The van der Waals surface area contributed by atoms with E-state index in [-0.39, 0.29) is 23.1 Å². The lowest BCUT2D eigenvalue weighted by Gasteiger charge is -2.40. The van der Waals surface area contributed by atoms with E-state index in [0.29, 0.717) is 29.7 Å². The van der Waals surface area contributed by atoms with Crippen LogP contribution in [0.3, 0.4) is 0 Å². The molecule has 1 atom stereocenters. The summed E-state index contributed by atoms with van der Waals surface area (Å²) in [5.41, 5.74) is 0.624. The number of piperidine rings is 1. The fourth-order valence-corrected chi connectivity index (χ4v) is 3.44. The Labute approximate surface area is 147 Å². The van der Waals surface area contributed by atoms with Gasteiger partial charge >= 0.3 is 6.30 Å². The zero-order valence-electron chi connectivity index (χ0n) is 13.4. The Balaban J connectivity index is 1.96. The van der Waals surface area contributed by atoms with Crippen LogP contribution < -0.4 is 4.90 Å². The minimum absolute atomic E-state index is 0.00411. The standard InChI is InChI=1S/C16H16ClF3N4O/c1-10(25)24(16(18,19)20)11-5-4-8-23(9-11)14-12-6-2-3-7-13(12)21-15(17)22-14/h2-3,6-7,11H,4-5,8-9H2,1H3/t11-/m1/s1. The van der Waals surface area contributed by atoms with Crippen LogP contribution in [-0.4, -0.2) is 46.2 Å². The van der Waals surface area contributed by atoms with Crippen LogP contribution in [0.5, 0.6) is 0 Å². The van der Waals surface area contributed by atoms with Crippen molar-refractivity contribution in [1.82, 2.24) is 14.9 Å². The highest BCUT2D eigenvalue weighted by Crippen LogP contribution is 2.32. The average molecular weight is 373 g/mol. The fraction of sp³-hybridized carbons (Fsp3) is 0.438. The normalized spacial score (nSPS) is 18.4. The van der Waals surface area contributed by atoms with Crippen molar-refractivity contribution in [2.75, 3.05) is 18.0 Å². The summed E-state index contributed by atoms with van der Waals surface area (Å²) in [5.74, 6) is -0.518. The largest absolute Gasteiger partial charge is 0.487 e. The van der Waals surface area contributed by atoms with Gasteiger partial charge in [0.05, 0.1) is 11.6 Å². The number of hydrogen-bond donors (Lipinski definition) is 0. The number of hydrogen-bond acceptors (Lipinski definition) is 4. The predicted octanol–water partition coefficient (Wildman–Crippen LogP) is 3.62. The molecular weight excluding hydrogens is 357 g/mol. The van der Waals surface area contributed by atoms with Gasteiger partial charge in [0.1, 0.15) is 5.82 Å². The van der Waals surface area contributed by atoms with Crippen molar-refractivity contribution in [1.29, 1.82) is 0 Å². The minimum Gasteiger partial charge on any atom is -0.354 e. The molecule has 2 heterocycles. The monoisotopic (exact) mass is 372 g/mol.